The van der Waals surface area contributed by atoms with Gasteiger partial charge in [0.1, 0.15) is 5.75 Å². The number of hydrogen-bond donors (Lipinski definition) is 0. The van der Waals surface area contributed by atoms with Gasteiger partial charge in [-0.2, -0.15) is 8.78 Å². The minimum absolute atomic E-state index is 0.0301. The third-order valence-corrected chi connectivity index (χ3v) is 4.56. The zero-order valence-corrected chi connectivity index (χ0v) is 15.7. The van der Waals surface area contributed by atoms with Crippen LogP contribution in [0.5, 0.6) is 5.75 Å². The van der Waals surface area contributed by atoms with Gasteiger partial charge in [0.25, 0.3) is 0 Å². The number of piperidine rings is 1. The number of nitrogens with zero attached hydrogens (tertiary/aromatic N) is 2. The van der Waals surface area contributed by atoms with E-state index in [4.69, 9.17) is 4.74 Å². The Morgan fingerprint density at radius 2 is 1.85 bits per heavy atom. The van der Waals surface area contributed by atoms with Crippen molar-refractivity contribution in [2.45, 2.75) is 32.9 Å². The molecular formula is C19H26F2N2O4. The second-order valence-electron chi connectivity index (χ2n) is 6.57. The lowest BCUT2D eigenvalue weighted by molar-refractivity contribution is -0.149. The molecule has 1 amide bonds. The highest BCUT2D eigenvalue weighted by atomic mass is 19.3. The Labute approximate surface area is 158 Å². The third kappa shape index (κ3) is 6.78. The first kappa shape index (κ1) is 21.1. The number of benzene rings is 1. The van der Waals surface area contributed by atoms with Crippen molar-refractivity contribution < 1.29 is 27.8 Å². The predicted octanol–water partition coefficient (Wildman–Crippen LogP) is 2.52. The van der Waals surface area contributed by atoms with Crippen molar-refractivity contribution >= 4 is 11.9 Å². The van der Waals surface area contributed by atoms with Gasteiger partial charge in [0.15, 0.2) is 0 Å². The number of hydrogen-bond acceptors (Lipinski definition) is 5. The maximum atomic E-state index is 12.4. The molecule has 1 fully saturated rings. The molecule has 6 nitrogen and oxygen atoms in total. The molecule has 1 heterocycles. The van der Waals surface area contributed by atoms with Crippen LogP contribution in [0.25, 0.3) is 0 Å². The maximum absolute atomic E-state index is 12.4. The van der Waals surface area contributed by atoms with E-state index in [1.54, 1.807) is 31.0 Å². The van der Waals surface area contributed by atoms with Crippen molar-refractivity contribution in [3.05, 3.63) is 29.8 Å². The summed E-state index contributed by atoms with van der Waals surface area (Å²) in [4.78, 5) is 27.8. The van der Waals surface area contributed by atoms with Crippen molar-refractivity contribution in [3.8, 4) is 5.75 Å². The van der Waals surface area contributed by atoms with E-state index in [9.17, 15) is 18.4 Å². The Bertz CT molecular complexity index is 617. The quantitative estimate of drug-likeness (QED) is 0.645. The Morgan fingerprint density at radius 3 is 2.41 bits per heavy atom. The van der Waals surface area contributed by atoms with Crippen LogP contribution >= 0.6 is 0 Å². The number of carbonyl (C=O) groups excluding carboxylic acids is 2. The van der Waals surface area contributed by atoms with E-state index in [1.807, 2.05) is 4.90 Å². The van der Waals surface area contributed by atoms with E-state index < -0.39 is 6.61 Å². The number of rotatable bonds is 8. The van der Waals surface area contributed by atoms with Crippen LogP contribution in [0.15, 0.2) is 24.3 Å². The van der Waals surface area contributed by atoms with Crippen molar-refractivity contribution in [3.63, 3.8) is 0 Å². The Morgan fingerprint density at radius 1 is 1.22 bits per heavy atom. The SMILES string of the molecule is CCOC(=O)C1CCN(CC(=O)N(C)Cc2ccc(OC(F)F)cc2)CC1. The summed E-state index contributed by atoms with van der Waals surface area (Å²) in [5, 5.41) is 0. The second-order valence-corrected chi connectivity index (χ2v) is 6.57. The van der Waals surface area contributed by atoms with Gasteiger partial charge in [-0.25, -0.2) is 0 Å². The fourth-order valence-electron chi connectivity index (χ4n) is 3.04. The van der Waals surface area contributed by atoms with E-state index in [0.29, 0.717) is 45.6 Å². The minimum atomic E-state index is -2.85. The Balaban J connectivity index is 1.76. The molecule has 0 unspecified atom stereocenters. The van der Waals surface area contributed by atoms with Crippen molar-refractivity contribution in [1.82, 2.24) is 9.80 Å². The summed E-state index contributed by atoms with van der Waals surface area (Å²) >= 11 is 0. The molecule has 0 aromatic heterocycles. The molecule has 1 aliphatic rings. The average Bonchev–Trinajstić information content (AvgIpc) is 2.63. The van der Waals surface area contributed by atoms with Gasteiger partial charge in [0, 0.05) is 13.6 Å². The summed E-state index contributed by atoms with van der Waals surface area (Å²) in [6.45, 7) is 1.36. The molecule has 0 bridgehead atoms. The number of likely N-dealkylation sites (tertiary alicyclic amines) is 1. The molecule has 0 spiro atoms. The molecule has 1 aromatic carbocycles. The van der Waals surface area contributed by atoms with Crippen LogP contribution in [0.4, 0.5) is 8.78 Å². The molecule has 0 atom stereocenters. The highest BCUT2D eigenvalue weighted by Crippen LogP contribution is 2.19. The van der Waals surface area contributed by atoms with Crippen molar-refractivity contribution in [1.29, 1.82) is 0 Å². The lowest BCUT2D eigenvalue weighted by Crippen LogP contribution is -2.43. The van der Waals surface area contributed by atoms with Crippen LogP contribution in [0.1, 0.15) is 25.3 Å². The minimum Gasteiger partial charge on any atom is -0.466 e. The van der Waals surface area contributed by atoms with Crippen LogP contribution in [-0.4, -0.2) is 61.6 Å². The van der Waals surface area contributed by atoms with Gasteiger partial charge in [0.05, 0.1) is 19.1 Å². The monoisotopic (exact) mass is 384 g/mol. The van der Waals surface area contributed by atoms with Gasteiger partial charge in [-0.15, -0.1) is 0 Å². The molecule has 150 valence electrons. The normalized spacial score (nSPS) is 15.6. The summed E-state index contributed by atoms with van der Waals surface area (Å²) in [6.07, 6.45) is 1.39. The molecular weight excluding hydrogens is 358 g/mol. The summed E-state index contributed by atoms with van der Waals surface area (Å²) < 4.78 is 33.7. The van der Waals surface area contributed by atoms with Gasteiger partial charge in [-0.3, -0.25) is 14.5 Å². The van der Waals surface area contributed by atoms with E-state index in [-0.39, 0.29) is 23.5 Å². The molecule has 0 aliphatic carbocycles. The van der Waals surface area contributed by atoms with Crippen LogP contribution < -0.4 is 4.74 Å². The largest absolute Gasteiger partial charge is 0.466 e. The number of halogens is 2. The first-order valence-corrected chi connectivity index (χ1v) is 9.05. The lowest BCUT2D eigenvalue weighted by Gasteiger charge is -2.31. The van der Waals surface area contributed by atoms with Crippen LogP contribution in [0.3, 0.4) is 0 Å². The fourth-order valence-corrected chi connectivity index (χ4v) is 3.04. The second kappa shape index (κ2) is 10.2. The van der Waals surface area contributed by atoms with Gasteiger partial charge in [-0.1, -0.05) is 12.1 Å². The molecule has 1 aliphatic heterocycles. The Kier molecular flexibility index (Phi) is 7.97. The average molecular weight is 384 g/mol. The number of carbonyl (C=O) groups is 2. The van der Waals surface area contributed by atoms with Crippen LogP contribution in [-0.2, 0) is 20.9 Å². The smallest absolute Gasteiger partial charge is 0.387 e. The van der Waals surface area contributed by atoms with Gasteiger partial charge in [0.2, 0.25) is 5.91 Å². The molecule has 1 saturated heterocycles. The Hall–Kier alpha value is -2.22. The number of likely N-dealkylation sites (N-methyl/N-ethyl adjacent to an activating group) is 1. The summed E-state index contributed by atoms with van der Waals surface area (Å²) in [7, 11) is 1.71. The molecule has 27 heavy (non-hydrogen) atoms. The number of esters is 1. The zero-order valence-electron chi connectivity index (χ0n) is 15.7. The third-order valence-electron chi connectivity index (χ3n) is 4.56. The topological polar surface area (TPSA) is 59.1 Å². The molecule has 0 saturated carbocycles. The van der Waals surface area contributed by atoms with Gasteiger partial charge >= 0.3 is 12.6 Å². The first-order valence-electron chi connectivity index (χ1n) is 9.05. The highest BCUT2D eigenvalue weighted by molar-refractivity contribution is 5.78. The lowest BCUT2D eigenvalue weighted by atomic mass is 9.97. The number of ether oxygens (including phenoxy) is 2. The summed E-state index contributed by atoms with van der Waals surface area (Å²) in [6, 6.07) is 6.23. The van der Waals surface area contributed by atoms with Crippen LogP contribution in [0.2, 0.25) is 0 Å². The van der Waals surface area contributed by atoms with E-state index in [1.165, 1.54) is 12.1 Å². The molecule has 0 radical (unpaired) electrons. The number of amides is 1. The fraction of sp³-hybridized carbons (Fsp3) is 0.579. The molecule has 2 rings (SSSR count). The highest BCUT2D eigenvalue weighted by Gasteiger charge is 2.27. The summed E-state index contributed by atoms with van der Waals surface area (Å²) in [5.74, 6) is -0.174. The van der Waals surface area contributed by atoms with Crippen molar-refractivity contribution in [2.24, 2.45) is 5.92 Å². The number of alkyl halides is 2. The van der Waals surface area contributed by atoms with Gasteiger partial charge < -0.3 is 14.4 Å². The van der Waals surface area contributed by atoms with Gasteiger partial charge in [-0.05, 0) is 50.6 Å². The van der Waals surface area contributed by atoms with E-state index >= 15 is 0 Å². The molecule has 1 aromatic rings. The molecule has 8 heteroatoms. The van der Waals surface area contributed by atoms with Crippen molar-refractivity contribution in [2.75, 3.05) is 33.3 Å². The van der Waals surface area contributed by atoms with E-state index in [0.717, 1.165) is 5.56 Å². The predicted molar refractivity (Wildman–Crippen MR) is 95.3 cm³/mol. The van der Waals surface area contributed by atoms with E-state index in [2.05, 4.69) is 4.74 Å². The summed E-state index contributed by atoms with van der Waals surface area (Å²) in [5.41, 5.74) is 0.827. The van der Waals surface area contributed by atoms with Crippen LogP contribution in [0, 0.1) is 5.92 Å². The zero-order chi connectivity index (χ0) is 19.8. The maximum Gasteiger partial charge on any atom is 0.387 e. The standard InChI is InChI=1S/C19H26F2N2O4/c1-3-26-18(25)15-8-10-23(11-9-15)13-17(24)22(2)12-14-4-6-16(7-5-14)27-19(20)21/h4-7,15,19H,3,8-13H2,1-2H3. The first-order chi connectivity index (χ1) is 12.9. The molecule has 0 N–H and O–H groups in total.